The number of benzene rings is 1. The van der Waals surface area contributed by atoms with Crippen molar-refractivity contribution in [1.29, 1.82) is 5.26 Å². The average molecular weight is 302 g/mol. The Labute approximate surface area is 128 Å². The van der Waals surface area contributed by atoms with Crippen molar-refractivity contribution >= 4 is 0 Å². The molecule has 22 heavy (non-hydrogen) atoms. The first-order chi connectivity index (χ1) is 10.8. The number of furan rings is 1. The van der Waals surface area contributed by atoms with Crippen molar-refractivity contribution in [2.45, 2.75) is 13.1 Å². The van der Waals surface area contributed by atoms with Gasteiger partial charge in [0.25, 0.3) is 0 Å². The number of rotatable bonds is 8. The lowest BCUT2D eigenvalue weighted by molar-refractivity contribution is 0.196. The van der Waals surface area contributed by atoms with Gasteiger partial charge in [0.1, 0.15) is 18.4 Å². The molecule has 2 aromatic rings. The molecule has 2 rings (SSSR count). The second kappa shape index (κ2) is 8.08. The molecule has 0 amide bonds. The predicted octanol–water partition coefficient (Wildman–Crippen LogP) is 1.82. The number of aliphatic hydroxyl groups is 1. The third-order valence-corrected chi connectivity index (χ3v) is 2.98. The predicted molar refractivity (Wildman–Crippen MR) is 79.5 cm³/mol. The van der Waals surface area contributed by atoms with Crippen molar-refractivity contribution in [3.05, 3.63) is 47.4 Å². The molecule has 116 valence electrons. The van der Waals surface area contributed by atoms with E-state index < -0.39 is 0 Å². The molecular weight excluding hydrogens is 284 g/mol. The summed E-state index contributed by atoms with van der Waals surface area (Å²) in [5.74, 6) is 2.25. The molecule has 2 N–H and O–H groups in total. The highest BCUT2D eigenvalue weighted by Gasteiger charge is 2.06. The average Bonchev–Trinajstić information content (AvgIpc) is 3.01. The van der Waals surface area contributed by atoms with Gasteiger partial charge < -0.3 is 24.3 Å². The van der Waals surface area contributed by atoms with Crippen LogP contribution in [0.5, 0.6) is 11.5 Å². The van der Waals surface area contributed by atoms with E-state index >= 15 is 0 Å². The summed E-state index contributed by atoms with van der Waals surface area (Å²) in [6, 6.07) is 11.0. The topological polar surface area (TPSA) is 87.7 Å². The molecule has 0 aliphatic heterocycles. The molecule has 0 unspecified atom stereocenters. The third kappa shape index (κ3) is 4.25. The molecule has 0 atom stereocenters. The van der Waals surface area contributed by atoms with Crippen LogP contribution >= 0.6 is 0 Å². The van der Waals surface area contributed by atoms with Crippen LogP contribution in [0.3, 0.4) is 0 Å². The molecule has 0 radical (unpaired) electrons. The number of ether oxygens (including phenoxy) is 2. The Balaban J connectivity index is 1.91. The maximum absolute atomic E-state index is 8.78. The molecule has 1 aromatic carbocycles. The summed E-state index contributed by atoms with van der Waals surface area (Å²) >= 11 is 0. The van der Waals surface area contributed by atoms with Crippen molar-refractivity contribution in [2.75, 3.05) is 20.3 Å². The van der Waals surface area contributed by atoms with E-state index in [1.165, 1.54) is 0 Å². The van der Waals surface area contributed by atoms with Crippen LogP contribution in [0.1, 0.15) is 17.1 Å². The maximum Gasteiger partial charge on any atom is 0.203 e. The number of hydrogen-bond acceptors (Lipinski definition) is 6. The lowest BCUT2D eigenvalue weighted by atomic mass is 10.2. The molecule has 0 spiro atoms. The smallest absolute Gasteiger partial charge is 0.203 e. The van der Waals surface area contributed by atoms with Gasteiger partial charge in [0, 0.05) is 6.54 Å². The molecule has 6 nitrogen and oxygen atoms in total. The first kappa shape index (κ1) is 15.9. The van der Waals surface area contributed by atoms with E-state index in [9.17, 15) is 0 Å². The van der Waals surface area contributed by atoms with Crippen molar-refractivity contribution in [3.63, 3.8) is 0 Å². The molecule has 6 heteroatoms. The highest BCUT2D eigenvalue weighted by molar-refractivity contribution is 5.43. The van der Waals surface area contributed by atoms with Gasteiger partial charge >= 0.3 is 0 Å². The summed E-state index contributed by atoms with van der Waals surface area (Å²) < 4.78 is 15.9. The zero-order valence-corrected chi connectivity index (χ0v) is 12.3. The van der Waals surface area contributed by atoms with Crippen molar-refractivity contribution in [2.24, 2.45) is 0 Å². The van der Waals surface area contributed by atoms with E-state index in [4.69, 9.17) is 24.3 Å². The van der Waals surface area contributed by atoms with Crippen LogP contribution in [0.2, 0.25) is 0 Å². The van der Waals surface area contributed by atoms with E-state index in [2.05, 4.69) is 5.32 Å². The second-order valence-corrected chi connectivity index (χ2v) is 4.54. The summed E-state index contributed by atoms with van der Waals surface area (Å²) in [5.41, 5.74) is 1.03. The van der Waals surface area contributed by atoms with Gasteiger partial charge in [-0.2, -0.15) is 5.26 Å². The number of nitrogens with one attached hydrogen (secondary N) is 1. The van der Waals surface area contributed by atoms with E-state index in [-0.39, 0.29) is 13.2 Å². The van der Waals surface area contributed by atoms with Crippen LogP contribution in [0, 0.1) is 11.3 Å². The molecule has 0 aliphatic carbocycles. The molecule has 1 heterocycles. The lowest BCUT2D eigenvalue weighted by Crippen LogP contribution is -2.12. The van der Waals surface area contributed by atoms with Crippen LogP contribution < -0.4 is 14.8 Å². The number of nitrogens with zero attached hydrogens (tertiary/aromatic N) is 1. The quantitative estimate of drug-likeness (QED) is 0.773. The van der Waals surface area contributed by atoms with Gasteiger partial charge in [0.15, 0.2) is 11.5 Å². The Kier molecular flexibility index (Phi) is 5.83. The second-order valence-electron chi connectivity index (χ2n) is 4.54. The Morgan fingerprint density at radius 3 is 2.77 bits per heavy atom. The van der Waals surface area contributed by atoms with Crippen LogP contribution in [-0.2, 0) is 13.1 Å². The SMILES string of the molecule is COc1cc(CNCc2ccc(C#N)o2)ccc1OCCO. The standard InChI is InChI=1S/C16H18N2O4/c1-20-16-8-12(2-5-15(16)21-7-6-19)10-18-11-14-4-3-13(9-17)22-14/h2-5,8,18-19H,6-7,10-11H2,1H3. The minimum atomic E-state index is -0.0414. The third-order valence-electron chi connectivity index (χ3n) is 2.98. The number of aliphatic hydroxyl groups excluding tert-OH is 1. The van der Waals surface area contributed by atoms with Gasteiger partial charge in [-0.3, -0.25) is 0 Å². The number of methoxy groups -OCH3 is 1. The van der Waals surface area contributed by atoms with Gasteiger partial charge in [-0.05, 0) is 29.8 Å². The monoisotopic (exact) mass is 302 g/mol. The van der Waals surface area contributed by atoms with Gasteiger partial charge in [-0.15, -0.1) is 0 Å². The summed E-state index contributed by atoms with van der Waals surface area (Å²) in [5, 5.41) is 20.7. The molecular formula is C16H18N2O4. The normalized spacial score (nSPS) is 10.2. The zero-order chi connectivity index (χ0) is 15.8. The molecule has 1 aromatic heterocycles. The van der Waals surface area contributed by atoms with Gasteiger partial charge in [0.2, 0.25) is 5.76 Å². The van der Waals surface area contributed by atoms with Gasteiger partial charge in [-0.25, -0.2) is 0 Å². The van der Waals surface area contributed by atoms with Crippen LogP contribution in [0.25, 0.3) is 0 Å². The first-order valence-electron chi connectivity index (χ1n) is 6.87. The molecule has 0 saturated heterocycles. The largest absolute Gasteiger partial charge is 0.493 e. The fourth-order valence-electron chi connectivity index (χ4n) is 1.96. The minimum Gasteiger partial charge on any atom is -0.493 e. The Hall–Kier alpha value is -2.49. The van der Waals surface area contributed by atoms with Gasteiger partial charge in [0.05, 0.1) is 20.3 Å². The Morgan fingerprint density at radius 2 is 2.09 bits per heavy atom. The van der Waals surface area contributed by atoms with Crippen molar-refractivity contribution < 1.29 is 19.0 Å². The summed E-state index contributed by atoms with van der Waals surface area (Å²) in [6.07, 6.45) is 0. The number of nitriles is 1. The van der Waals surface area contributed by atoms with E-state index in [0.717, 1.165) is 5.56 Å². The lowest BCUT2D eigenvalue weighted by Gasteiger charge is -2.11. The Morgan fingerprint density at radius 1 is 1.23 bits per heavy atom. The van der Waals surface area contributed by atoms with E-state index in [1.54, 1.807) is 19.2 Å². The fraction of sp³-hybridized carbons (Fsp3) is 0.312. The molecule has 0 fully saturated rings. The van der Waals surface area contributed by atoms with Gasteiger partial charge in [-0.1, -0.05) is 6.07 Å². The fourth-order valence-corrected chi connectivity index (χ4v) is 1.96. The summed E-state index contributed by atoms with van der Waals surface area (Å²) in [7, 11) is 1.57. The molecule has 0 bridgehead atoms. The first-order valence-corrected chi connectivity index (χ1v) is 6.87. The van der Waals surface area contributed by atoms with Crippen molar-refractivity contribution in [1.82, 2.24) is 5.32 Å². The van der Waals surface area contributed by atoms with E-state index in [0.29, 0.717) is 36.1 Å². The summed E-state index contributed by atoms with van der Waals surface area (Å²) in [6.45, 7) is 1.35. The highest BCUT2D eigenvalue weighted by Crippen LogP contribution is 2.28. The zero-order valence-electron chi connectivity index (χ0n) is 12.3. The van der Waals surface area contributed by atoms with Crippen molar-refractivity contribution in [3.8, 4) is 17.6 Å². The van der Waals surface area contributed by atoms with Crippen LogP contribution in [-0.4, -0.2) is 25.4 Å². The molecule has 0 aliphatic rings. The minimum absolute atomic E-state index is 0.0414. The van der Waals surface area contributed by atoms with Crippen LogP contribution in [0.15, 0.2) is 34.7 Å². The highest BCUT2D eigenvalue weighted by atomic mass is 16.5. The summed E-state index contributed by atoms with van der Waals surface area (Å²) in [4.78, 5) is 0. The van der Waals surface area contributed by atoms with Crippen LogP contribution in [0.4, 0.5) is 0 Å². The van der Waals surface area contributed by atoms with E-state index in [1.807, 2.05) is 24.3 Å². The number of hydrogen-bond donors (Lipinski definition) is 2. The molecule has 0 saturated carbocycles. The Bertz CT molecular complexity index is 646. The maximum atomic E-state index is 8.78.